The summed E-state index contributed by atoms with van der Waals surface area (Å²) in [5, 5.41) is 0. The van der Waals surface area contributed by atoms with Gasteiger partial charge in [0.2, 0.25) is 0 Å². The van der Waals surface area contributed by atoms with Crippen molar-refractivity contribution in [2.75, 3.05) is 0 Å². The SMILES string of the molecule is CC1CCC(C(C)C)C(OC(=O)c2c[nH]c(=O)c3c2[C@@H]2CCC3C2)C1. The third kappa shape index (κ3) is 2.84. The fourth-order valence-electron chi connectivity index (χ4n) is 5.53. The molecule has 1 N–H and O–H groups in total. The molecule has 4 heteroatoms. The quantitative estimate of drug-likeness (QED) is 0.830. The lowest BCUT2D eigenvalue weighted by molar-refractivity contribution is -0.0175. The monoisotopic (exact) mass is 343 g/mol. The van der Waals surface area contributed by atoms with Crippen LogP contribution >= 0.6 is 0 Å². The predicted octanol–water partition coefficient (Wildman–Crippen LogP) is 4.36. The molecule has 4 unspecified atom stereocenters. The molecule has 1 aromatic heterocycles. The van der Waals surface area contributed by atoms with E-state index in [0.29, 0.717) is 35.2 Å². The molecule has 0 radical (unpaired) electrons. The van der Waals surface area contributed by atoms with Crippen LogP contribution in [0.15, 0.2) is 11.0 Å². The summed E-state index contributed by atoms with van der Waals surface area (Å²) in [4.78, 5) is 28.0. The van der Waals surface area contributed by atoms with Crippen LogP contribution in [0.1, 0.15) is 92.6 Å². The van der Waals surface area contributed by atoms with Crippen molar-refractivity contribution in [1.82, 2.24) is 4.98 Å². The number of aromatic amines is 1. The maximum Gasteiger partial charge on any atom is 0.340 e. The molecule has 4 nitrogen and oxygen atoms in total. The van der Waals surface area contributed by atoms with E-state index < -0.39 is 0 Å². The van der Waals surface area contributed by atoms with E-state index in [9.17, 15) is 9.59 Å². The number of aromatic nitrogens is 1. The van der Waals surface area contributed by atoms with Gasteiger partial charge in [-0.25, -0.2) is 4.79 Å². The van der Waals surface area contributed by atoms with Crippen LogP contribution in [0.25, 0.3) is 0 Å². The van der Waals surface area contributed by atoms with E-state index in [2.05, 4.69) is 25.8 Å². The Hall–Kier alpha value is -1.58. The smallest absolute Gasteiger partial charge is 0.340 e. The minimum absolute atomic E-state index is 0.00239. The summed E-state index contributed by atoms with van der Waals surface area (Å²) in [6.45, 7) is 6.68. The molecular weight excluding hydrogens is 314 g/mol. The van der Waals surface area contributed by atoms with Crippen molar-refractivity contribution in [3.05, 3.63) is 33.2 Å². The lowest BCUT2D eigenvalue weighted by atomic mass is 9.75. The van der Waals surface area contributed by atoms with Crippen LogP contribution in [-0.2, 0) is 4.74 Å². The number of fused-ring (bicyclic) bond motifs is 5. The molecule has 1 heterocycles. The lowest BCUT2D eigenvalue weighted by Crippen LogP contribution is -2.36. The van der Waals surface area contributed by atoms with Crippen LogP contribution in [0.4, 0.5) is 0 Å². The summed E-state index contributed by atoms with van der Waals surface area (Å²) >= 11 is 0. The second-order valence-corrected chi connectivity index (χ2v) is 8.84. The number of carbonyl (C=O) groups is 1. The van der Waals surface area contributed by atoms with E-state index in [1.165, 1.54) is 6.42 Å². The van der Waals surface area contributed by atoms with Gasteiger partial charge in [0, 0.05) is 11.8 Å². The Morgan fingerprint density at radius 3 is 2.56 bits per heavy atom. The average Bonchev–Trinajstić information content (AvgIpc) is 3.17. The molecule has 3 aliphatic rings. The van der Waals surface area contributed by atoms with Crippen LogP contribution in [0, 0.1) is 17.8 Å². The predicted molar refractivity (Wildman–Crippen MR) is 96.9 cm³/mol. The van der Waals surface area contributed by atoms with E-state index in [0.717, 1.165) is 43.2 Å². The van der Waals surface area contributed by atoms with E-state index in [1.807, 2.05) is 0 Å². The highest BCUT2D eigenvalue weighted by atomic mass is 16.5. The highest BCUT2D eigenvalue weighted by molar-refractivity contribution is 5.92. The summed E-state index contributed by atoms with van der Waals surface area (Å²) in [5.74, 6) is 2.04. The normalized spacial score (nSPS) is 33.5. The Morgan fingerprint density at radius 2 is 1.84 bits per heavy atom. The second kappa shape index (κ2) is 6.30. The Kier molecular flexibility index (Phi) is 4.25. The van der Waals surface area contributed by atoms with Crippen molar-refractivity contribution < 1.29 is 9.53 Å². The zero-order chi connectivity index (χ0) is 17.7. The van der Waals surface area contributed by atoms with Gasteiger partial charge in [0.25, 0.3) is 5.56 Å². The molecule has 0 saturated heterocycles. The summed E-state index contributed by atoms with van der Waals surface area (Å²) < 4.78 is 6.03. The second-order valence-electron chi connectivity index (χ2n) is 8.84. The van der Waals surface area contributed by atoms with Crippen molar-refractivity contribution in [2.24, 2.45) is 17.8 Å². The van der Waals surface area contributed by atoms with Gasteiger partial charge in [-0.05, 0) is 67.3 Å². The summed E-state index contributed by atoms with van der Waals surface area (Å²) in [6.07, 6.45) is 8.09. The number of pyridine rings is 1. The molecule has 0 aromatic carbocycles. The van der Waals surface area contributed by atoms with Crippen LogP contribution in [-0.4, -0.2) is 17.1 Å². The molecule has 0 amide bonds. The van der Waals surface area contributed by atoms with Gasteiger partial charge in [0.15, 0.2) is 0 Å². The van der Waals surface area contributed by atoms with E-state index in [-0.39, 0.29) is 17.6 Å². The molecule has 2 fully saturated rings. The Balaban J connectivity index is 1.61. The van der Waals surface area contributed by atoms with Gasteiger partial charge in [0.1, 0.15) is 6.10 Å². The molecule has 2 saturated carbocycles. The number of esters is 1. The molecule has 25 heavy (non-hydrogen) atoms. The topological polar surface area (TPSA) is 59.2 Å². The standard InChI is InChI=1S/C21H29NO3/c1-11(2)15-7-4-12(3)8-17(15)25-21(24)16-10-22-20(23)19-14-6-5-13(9-14)18(16)19/h10-15,17H,4-9H2,1-3H3,(H,22,23)/t12?,13-,14?,15?,17?/m1/s1. The zero-order valence-electron chi connectivity index (χ0n) is 15.5. The van der Waals surface area contributed by atoms with Crippen molar-refractivity contribution >= 4 is 5.97 Å². The third-order valence-corrected chi connectivity index (χ3v) is 6.86. The minimum Gasteiger partial charge on any atom is -0.458 e. The van der Waals surface area contributed by atoms with Gasteiger partial charge in [-0.1, -0.05) is 27.2 Å². The molecule has 4 rings (SSSR count). The largest absolute Gasteiger partial charge is 0.458 e. The zero-order valence-corrected chi connectivity index (χ0v) is 15.5. The van der Waals surface area contributed by atoms with E-state index in [1.54, 1.807) is 6.20 Å². The van der Waals surface area contributed by atoms with Gasteiger partial charge in [-0.3, -0.25) is 4.79 Å². The summed E-state index contributed by atoms with van der Waals surface area (Å²) in [7, 11) is 0. The van der Waals surface area contributed by atoms with Crippen LogP contribution in [0.2, 0.25) is 0 Å². The van der Waals surface area contributed by atoms with Gasteiger partial charge in [-0.2, -0.15) is 0 Å². The molecule has 5 atom stereocenters. The number of carbonyl (C=O) groups excluding carboxylic acids is 1. The highest BCUT2D eigenvalue weighted by Crippen LogP contribution is 2.52. The van der Waals surface area contributed by atoms with Gasteiger partial charge in [0.05, 0.1) is 5.56 Å². The molecule has 0 spiro atoms. The Bertz CT molecular complexity index is 735. The number of rotatable bonds is 3. The van der Waals surface area contributed by atoms with Crippen LogP contribution < -0.4 is 5.56 Å². The summed E-state index contributed by atoms with van der Waals surface area (Å²) in [6, 6.07) is 0. The highest BCUT2D eigenvalue weighted by Gasteiger charge is 2.42. The van der Waals surface area contributed by atoms with Gasteiger partial charge in [-0.15, -0.1) is 0 Å². The maximum absolute atomic E-state index is 13.0. The van der Waals surface area contributed by atoms with Crippen LogP contribution in [0.3, 0.4) is 0 Å². The molecule has 0 aliphatic heterocycles. The number of nitrogens with one attached hydrogen (secondary N) is 1. The lowest BCUT2D eigenvalue weighted by Gasteiger charge is -2.36. The molecular formula is C21H29NO3. The Labute approximate surface area is 149 Å². The number of hydrogen-bond acceptors (Lipinski definition) is 3. The fraction of sp³-hybridized carbons (Fsp3) is 0.714. The first-order chi connectivity index (χ1) is 12.0. The minimum atomic E-state index is -0.232. The fourth-order valence-corrected chi connectivity index (χ4v) is 5.53. The van der Waals surface area contributed by atoms with Gasteiger partial charge >= 0.3 is 5.97 Å². The van der Waals surface area contributed by atoms with E-state index >= 15 is 0 Å². The maximum atomic E-state index is 13.0. The number of H-pyrrole nitrogens is 1. The van der Waals surface area contributed by atoms with Crippen molar-refractivity contribution in [2.45, 2.75) is 77.2 Å². The number of hydrogen-bond donors (Lipinski definition) is 1. The first-order valence-electron chi connectivity index (χ1n) is 9.92. The number of ether oxygens (including phenoxy) is 1. The molecule has 3 aliphatic carbocycles. The first-order valence-corrected chi connectivity index (χ1v) is 9.92. The van der Waals surface area contributed by atoms with Gasteiger partial charge < -0.3 is 9.72 Å². The van der Waals surface area contributed by atoms with Crippen molar-refractivity contribution in [1.29, 1.82) is 0 Å². The molecule has 2 bridgehead atoms. The van der Waals surface area contributed by atoms with Crippen molar-refractivity contribution in [3.8, 4) is 0 Å². The Morgan fingerprint density at radius 1 is 1.12 bits per heavy atom. The third-order valence-electron chi connectivity index (χ3n) is 6.86. The van der Waals surface area contributed by atoms with Crippen molar-refractivity contribution in [3.63, 3.8) is 0 Å². The van der Waals surface area contributed by atoms with Crippen LogP contribution in [0.5, 0.6) is 0 Å². The van der Waals surface area contributed by atoms with E-state index in [4.69, 9.17) is 4.74 Å². The first kappa shape index (κ1) is 16.9. The summed E-state index contributed by atoms with van der Waals surface area (Å²) in [5.41, 5.74) is 2.46. The molecule has 1 aromatic rings. The molecule has 136 valence electrons. The average molecular weight is 343 g/mol.